The van der Waals surface area contributed by atoms with Crippen LogP contribution >= 0.6 is 11.8 Å². The monoisotopic (exact) mass is 219 g/mol. The largest absolute Gasteiger partial charge is 0.334 e. The highest BCUT2D eigenvalue weighted by atomic mass is 32.2. The van der Waals surface area contributed by atoms with Crippen LogP contribution in [0.3, 0.4) is 0 Å². The van der Waals surface area contributed by atoms with Gasteiger partial charge in [0.2, 0.25) is 5.91 Å². The number of amides is 1. The molecule has 3 rings (SSSR count). The van der Waals surface area contributed by atoms with Gasteiger partial charge in [-0.2, -0.15) is 0 Å². The zero-order valence-electron chi connectivity index (χ0n) is 8.48. The predicted molar refractivity (Wildman–Crippen MR) is 61.9 cm³/mol. The fourth-order valence-electron chi connectivity index (χ4n) is 2.47. The lowest BCUT2D eigenvalue weighted by Crippen LogP contribution is -2.44. The molecule has 1 saturated heterocycles. The van der Waals surface area contributed by atoms with Gasteiger partial charge in [-0.25, -0.2) is 0 Å². The van der Waals surface area contributed by atoms with E-state index in [1.54, 1.807) is 11.8 Å². The third kappa shape index (κ3) is 1.46. The summed E-state index contributed by atoms with van der Waals surface area (Å²) in [6.45, 7) is 0.904. The Morgan fingerprint density at radius 3 is 3.13 bits per heavy atom. The number of hydrogen-bond acceptors (Lipinski definition) is 2. The van der Waals surface area contributed by atoms with Crippen LogP contribution in [0.4, 0.5) is 0 Å². The number of benzene rings is 1. The van der Waals surface area contributed by atoms with E-state index in [1.807, 2.05) is 0 Å². The molecular weight excluding hydrogens is 206 g/mol. The molecule has 1 aromatic rings. The molecule has 2 aliphatic heterocycles. The molecule has 2 heterocycles. The molecule has 0 spiro atoms. The van der Waals surface area contributed by atoms with E-state index < -0.39 is 0 Å². The third-order valence-corrected chi connectivity index (χ3v) is 4.24. The normalized spacial score (nSPS) is 24.7. The molecule has 2 nitrogen and oxygen atoms in total. The second kappa shape index (κ2) is 3.56. The van der Waals surface area contributed by atoms with Gasteiger partial charge in [-0.15, -0.1) is 11.8 Å². The SMILES string of the molecule is O=C1CSC[C@H]2c3ccccc3CCN12. The summed E-state index contributed by atoms with van der Waals surface area (Å²) in [5.41, 5.74) is 2.79. The summed E-state index contributed by atoms with van der Waals surface area (Å²) in [4.78, 5) is 13.8. The van der Waals surface area contributed by atoms with Gasteiger partial charge in [-0.05, 0) is 17.5 Å². The molecule has 2 aliphatic rings. The summed E-state index contributed by atoms with van der Waals surface area (Å²) in [6, 6.07) is 8.86. The fourth-order valence-corrected chi connectivity index (χ4v) is 3.51. The van der Waals surface area contributed by atoms with Crippen molar-refractivity contribution in [3.8, 4) is 0 Å². The van der Waals surface area contributed by atoms with E-state index >= 15 is 0 Å². The summed E-state index contributed by atoms with van der Waals surface area (Å²) < 4.78 is 0. The Morgan fingerprint density at radius 2 is 2.20 bits per heavy atom. The molecule has 1 aromatic carbocycles. The Morgan fingerprint density at radius 1 is 1.33 bits per heavy atom. The molecule has 0 bridgehead atoms. The Kier molecular flexibility index (Phi) is 2.20. The molecule has 15 heavy (non-hydrogen) atoms. The minimum atomic E-state index is 0.311. The maximum Gasteiger partial charge on any atom is 0.233 e. The molecule has 3 heteroatoms. The van der Waals surface area contributed by atoms with Crippen LogP contribution in [0.5, 0.6) is 0 Å². The minimum absolute atomic E-state index is 0.311. The second-order valence-electron chi connectivity index (χ2n) is 4.07. The Hall–Kier alpha value is -0.960. The van der Waals surface area contributed by atoms with Crippen LogP contribution in [-0.4, -0.2) is 28.9 Å². The van der Waals surface area contributed by atoms with Crippen LogP contribution in [0.15, 0.2) is 24.3 Å². The molecule has 78 valence electrons. The highest BCUT2D eigenvalue weighted by molar-refractivity contribution is 8.00. The van der Waals surface area contributed by atoms with Gasteiger partial charge in [0.05, 0.1) is 11.8 Å². The van der Waals surface area contributed by atoms with Crippen LogP contribution in [0.2, 0.25) is 0 Å². The number of fused-ring (bicyclic) bond motifs is 3. The van der Waals surface area contributed by atoms with Crippen molar-refractivity contribution in [2.45, 2.75) is 12.5 Å². The first-order valence-electron chi connectivity index (χ1n) is 5.31. The van der Waals surface area contributed by atoms with Crippen LogP contribution in [0, 0.1) is 0 Å². The van der Waals surface area contributed by atoms with E-state index in [2.05, 4.69) is 29.2 Å². The Balaban J connectivity index is 2.02. The number of carbonyl (C=O) groups is 1. The van der Waals surface area contributed by atoms with Crippen molar-refractivity contribution in [3.05, 3.63) is 35.4 Å². The molecule has 0 N–H and O–H groups in total. The van der Waals surface area contributed by atoms with Crippen LogP contribution in [-0.2, 0) is 11.2 Å². The molecule has 1 amide bonds. The highest BCUT2D eigenvalue weighted by Crippen LogP contribution is 2.35. The van der Waals surface area contributed by atoms with E-state index in [-0.39, 0.29) is 0 Å². The maximum absolute atomic E-state index is 11.7. The topological polar surface area (TPSA) is 20.3 Å². The molecule has 0 unspecified atom stereocenters. The number of carbonyl (C=O) groups excluding carboxylic acids is 1. The zero-order valence-corrected chi connectivity index (χ0v) is 9.30. The van der Waals surface area contributed by atoms with Crippen molar-refractivity contribution in [3.63, 3.8) is 0 Å². The van der Waals surface area contributed by atoms with Crippen LogP contribution in [0.1, 0.15) is 17.2 Å². The van der Waals surface area contributed by atoms with Crippen LogP contribution in [0.25, 0.3) is 0 Å². The summed E-state index contributed by atoms with van der Waals surface area (Å²) in [5.74, 6) is 2.03. The molecule has 0 radical (unpaired) electrons. The lowest BCUT2D eigenvalue weighted by atomic mass is 9.93. The zero-order chi connectivity index (χ0) is 10.3. The van der Waals surface area contributed by atoms with Gasteiger partial charge >= 0.3 is 0 Å². The number of nitrogens with zero attached hydrogens (tertiary/aromatic N) is 1. The van der Waals surface area contributed by atoms with E-state index in [1.165, 1.54) is 11.1 Å². The lowest BCUT2D eigenvalue weighted by Gasteiger charge is -2.40. The van der Waals surface area contributed by atoms with E-state index in [0.717, 1.165) is 18.7 Å². The quantitative estimate of drug-likeness (QED) is 0.664. The second-order valence-corrected chi connectivity index (χ2v) is 5.10. The summed E-state index contributed by atoms with van der Waals surface area (Å²) in [5, 5.41) is 0. The average molecular weight is 219 g/mol. The Labute approximate surface area is 93.7 Å². The smallest absolute Gasteiger partial charge is 0.233 e. The van der Waals surface area contributed by atoms with Gasteiger partial charge in [0.25, 0.3) is 0 Å². The van der Waals surface area contributed by atoms with E-state index in [4.69, 9.17) is 0 Å². The van der Waals surface area contributed by atoms with Gasteiger partial charge < -0.3 is 4.90 Å². The number of hydrogen-bond donors (Lipinski definition) is 0. The third-order valence-electron chi connectivity index (χ3n) is 3.23. The van der Waals surface area contributed by atoms with E-state index in [0.29, 0.717) is 17.7 Å². The highest BCUT2D eigenvalue weighted by Gasteiger charge is 2.33. The summed E-state index contributed by atoms with van der Waals surface area (Å²) in [6.07, 6.45) is 1.02. The molecule has 0 saturated carbocycles. The standard InChI is InChI=1S/C12H13NOS/c14-12-8-15-7-11-10-4-2-1-3-9(10)5-6-13(11)12/h1-4,11H,5-8H2/t11-/m0/s1. The van der Waals surface area contributed by atoms with Gasteiger partial charge in [0.1, 0.15) is 0 Å². The van der Waals surface area contributed by atoms with Crippen molar-refractivity contribution >= 4 is 17.7 Å². The van der Waals surface area contributed by atoms with E-state index in [9.17, 15) is 4.79 Å². The van der Waals surface area contributed by atoms with Gasteiger partial charge in [-0.3, -0.25) is 4.79 Å². The lowest BCUT2D eigenvalue weighted by molar-refractivity contribution is -0.131. The predicted octanol–water partition coefficient (Wildman–Crippen LogP) is 1.86. The minimum Gasteiger partial charge on any atom is -0.334 e. The van der Waals surface area contributed by atoms with Crippen molar-refractivity contribution in [1.29, 1.82) is 0 Å². The molecule has 1 atom stereocenters. The first-order valence-corrected chi connectivity index (χ1v) is 6.47. The molecule has 1 fully saturated rings. The summed E-state index contributed by atoms with van der Waals surface area (Å²) >= 11 is 1.76. The van der Waals surface area contributed by atoms with Crippen LogP contribution < -0.4 is 0 Å². The van der Waals surface area contributed by atoms with Gasteiger partial charge in [0, 0.05) is 12.3 Å². The molecule has 0 aromatic heterocycles. The number of thioether (sulfide) groups is 1. The molecule has 0 aliphatic carbocycles. The first-order chi connectivity index (χ1) is 7.36. The van der Waals surface area contributed by atoms with Gasteiger partial charge in [-0.1, -0.05) is 24.3 Å². The fraction of sp³-hybridized carbons (Fsp3) is 0.417. The Bertz CT molecular complexity index is 404. The van der Waals surface area contributed by atoms with Crippen molar-refractivity contribution in [1.82, 2.24) is 4.90 Å². The number of rotatable bonds is 0. The summed E-state index contributed by atoms with van der Waals surface area (Å²) in [7, 11) is 0. The van der Waals surface area contributed by atoms with Crippen molar-refractivity contribution in [2.24, 2.45) is 0 Å². The average Bonchev–Trinajstić information content (AvgIpc) is 2.29. The van der Waals surface area contributed by atoms with Gasteiger partial charge in [0.15, 0.2) is 0 Å². The van der Waals surface area contributed by atoms with Crippen molar-refractivity contribution in [2.75, 3.05) is 18.1 Å². The first kappa shape index (κ1) is 9.28. The van der Waals surface area contributed by atoms with Crippen molar-refractivity contribution < 1.29 is 4.79 Å². The molecular formula is C12H13NOS. The maximum atomic E-state index is 11.7.